The average molecular weight is 443 g/mol. The zero-order chi connectivity index (χ0) is 21.6. The van der Waals surface area contributed by atoms with Crippen LogP contribution in [0.3, 0.4) is 0 Å². The number of aryl methyl sites for hydroxylation is 1. The van der Waals surface area contributed by atoms with Crippen molar-refractivity contribution in [1.29, 1.82) is 0 Å². The minimum absolute atomic E-state index is 0.0175. The van der Waals surface area contributed by atoms with E-state index in [9.17, 15) is 9.18 Å². The lowest BCUT2D eigenvalue weighted by Gasteiger charge is -2.15. The Morgan fingerprint density at radius 3 is 2.97 bits per heavy atom. The maximum absolute atomic E-state index is 13.8. The third kappa shape index (κ3) is 5.80. The third-order valence-corrected chi connectivity index (χ3v) is 5.61. The van der Waals surface area contributed by atoms with Gasteiger partial charge in [0, 0.05) is 23.6 Å². The van der Waals surface area contributed by atoms with Gasteiger partial charge in [-0.15, -0.1) is 11.3 Å². The number of halogens is 1. The van der Waals surface area contributed by atoms with E-state index in [2.05, 4.69) is 10.3 Å². The van der Waals surface area contributed by atoms with E-state index in [0.717, 1.165) is 30.2 Å². The summed E-state index contributed by atoms with van der Waals surface area (Å²) in [5, 5.41) is 5.65. The lowest BCUT2D eigenvalue weighted by molar-refractivity contribution is 0.0681. The molecule has 0 saturated carbocycles. The van der Waals surface area contributed by atoms with Crippen molar-refractivity contribution in [3.8, 4) is 11.5 Å². The Hall–Kier alpha value is -2.97. The molecule has 0 bridgehead atoms. The molecule has 2 heterocycles. The molecule has 6 nitrogen and oxygen atoms in total. The van der Waals surface area contributed by atoms with Gasteiger partial charge in [0.15, 0.2) is 0 Å². The highest BCUT2D eigenvalue weighted by molar-refractivity contribution is 7.09. The summed E-state index contributed by atoms with van der Waals surface area (Å²) in [6, 6.07) is 10.9. The van der Waals surface area contributed by atoms with Crippen LogP contribution in [0.15, 0.2) is 47.8 Å². The molecule has 1 saturated heterocycles. The number of hydrogen-bond acceptors (Lipinski definition) is 6. The molecule has 4 rings (SSSR count). The van der Waals surface area contributed by atoms with Crippen LogP contribution in [0, 0.1) is 12.7 Å². The Morgan fingerprint density at radius 2 is 2.19 bits per heavy atom. The van der Waals surface area contributed by atoms with Gasteiger partial charge in [0.05, 0.1) is 22.5 Å². The minimum Gasteiger partial charge on any atom is -0.489 e. The minimum atomic E-state index is -0.463. The number of benzene rings is 2. The molecule has 1 amide bonds. The van der Waals surface area contributed by atoms with Crippen LogP contribution in [0.4, 0.5) is 10.1 Å². The van der Waals surface area contributed by atoms with Crippen molar-refractivity contribution in [2.45, 2.75) is 32.5 Å². The molecule has 8 heteroatoms. The first-order chi connectivity index (χ1) is 15.1. The predicted octanol–water partition coefficient (Wildman–Crippen LogP) is 4.98. The van der Waals surface area contributed by atoms with E-state index in [1.807, 2.05) is 12.3 Å². The number of thiazole rings is 1. The fourth-order valence-electron chi connectivity index (χ4n) is 3.24. The van der Waals surface area contributed by atoms with Crippen LogP contribution in [0.2, 0.25) is 0 Å². The Kier molecular flexibility index (Phi) is 6.79. The predicted molar refractivity (Wildman–Crippen MR) is 116 cm³/mol. The van der Waals surface area contributed by atoms with Crippen molar-refractivity contribution >= 4 is 22.9 Å². The summed E-state index contributed by atoms with van der Waals surface area (Å²) in [5.41, 5.74) is 1.50. The molecule has 162 valence electrons. The topological polar surface area (TPSA) is 69.7 Å². The zero-order valence-electron chi connectivity index (χ0n) is 17.1. The molecule has 3 aromatic rings. The Morgan fingerprint density at radius 1 is 1.29 bits per heavy atom. The largest absolute Gasteiger partial charge is 0.489 e. The monoisotopic (exact) mass is 442 g/mol. The van der Waals surface area contributed by atoms with Gasteiger partial charge >= 0.3 is 0 Å². The molecule has 1 aliphatic rings. The van der Waals surface area contributed by atoms with Crippen LogP contribution >= 0.6 is 11.3 Å². The number of aromatic nitrogens is 1. The van der Waals surface area contributed by atoms with Crippen LogP contribution < -0.4 is 14.8 Å². The van der Waals surface area contributed by atoms with Crippen molar-refractivity contribution in [2.75, 3.05) is 18.5 Å². The number of amides is 1. The van der Waals surface area contributed by atoms with Crippen molar-refractivity contribution in [1.82, 2.24) is 4.98 Å². The Labute approximate surface area is 184 Å². The Bertz CT molecular complexity index is 1050. The van der Waals surface area contributed by atoms with Gasteiger partial charge in [0.25, 0.3) is 5.91 Å². The lowest BCUT2D eigenvalue weighted by atomic mass is 10.2. The van der Waals surface area contributed by atoms with Crippen LogP contribution in [-0.2, 0) is 11.3 Å². The smallest absolute Gasteiger partial charge is 0.255 e. The first-order valence-corrected chi connectivity index (χ1v) is 10.9. The second-order valence-corrected chi connectivity index (χ2v) is 8.28. The number of anilines is 1. The van der Waals surface area contributed by atoms with Gasteiger partial charge in [0.1, 0.15) is 30.5 Å². The first-order valence-electron chi connectivity index (χ1n) is 10.1. The normalized spacial score (nSPS) is 15.6. The average Bonchev–Trinajstić information content (AvgIpc) is 3.43. The summed E-state index contributed by atoms with van der Waals surface area (Å²) in [6.45, 7) is 3.33. The van der Waals surface area contributed by atoms with Gasteiger partial charge in [0.2, 0.25) is 0 Å². The Balaban J connectivity index is 1.42. The summed E-state index contributed by atoms with van der Waals surface area (Å²) in [6.07, 6.45) is 1.95. The molecular weight excluding hydrogens is 419 g/mol. The van der Waals surface area contributed by atoms with Gasteiger partial charge in [-0.3, -0.25) is 4.79 Å². The molecule has 0 spiro atoms. The lowest BCUT2D eigenvalue weighted by Crippen LogP contribution is -2.18. The fourth-order valence-corrected chi connectivity index (χ4v) is 3.83. The molecule has 1 aliphatic heterocycles. The van der Waals surface area contributed by atoms with Crippen LogP contribution in [0.5, 0.6) is 11.5 Å². The van der Waals surface area contributed by atoms with Crippen molar-refractivity contribution < 1.29 is 23.4 Å². The molecule has 1 aromatic heterocycles. The second kappa shape index (κ2) is 9.89. The van der Waals surface area contributed by atoms with Gasteiger partial charge in [-0.25, -0.2) is 9.37 Å². The van der Waals surface area contributed by atoms with E-state index < -0.39 is 5.82 Å². The van der Waals surface area contributed by atoms with Gasteiger partial charge in [-0.2, -0.15) is 0 Å². The maximum Gasteiger partial charge on any atom is 0.255 e. The molecular formula is C23H23FN2O4S. The summed E-state index contributed by atoms with van der Waals surface area (Å²) < 4.78 is 30.9. The number of hydrogen-bond donors (Lipinski definition) is 1. The van der Waals surface area contributed by atoms with Crippen LogP contribution in [0.1, 0.15) is 33.9 Å². The summed E-state index contributed by atoms with van der Waals surface area (Å²) in [7, 11) is 0. The SMILES string of the molecule is Cc1nc(COc2cccc(C(=O)Nc3cc(F)ccc3OCC3CCCO3)c2)cs1. The van der Waals surface area contributed by atoms with E-state index in [1.165, 1.54) is 18.2 Å². The van der Waals surface area contributed by atoms with E-state index in [1.54, 1.807) is 35.6 Å². The quantitative estimate of drug-likeness (QED) is 0.533. The number of carbonyl (C=O) groups is 1. The van der Waals surface area contributed by atoms with Crippen molar-refractivity contribution in [3.05, 3.63) is 69.9 Å². The maximum atomic E-state index is 13.8. The highest BCUT2D eigenvalue weighted by atomic mass is 32.1. The highest BCUT2D eigenvalue weighted by Gasteiger charge is 2.18. The summed E-state index contributed by atoms with van der Waals surface area (Å²) in [4.78, 5) is 17.1. The van der Waals surface area contributed by atoms with Crippen molar-refractivity contribution in [3.63, 3.8) is 0 Å². The van der Waals surface area contributed by atoms with Crippen LogP contribution in [0.25, 0.3) is 0 Å². The molecule has 31 heavy (non-hydrogen) atoms. The molecule has 1 fully saturated rings. The highest BCUT2D eigenvalue weighted by Crippen LogP contribution is 2.27. The van der Waals surface area contributed by atoms with E-state index >= 15 is 0 Å². The van der Waals surface area contributed by atoms with Crippen LogP contribution in [-0.4, -0.2) is 30.2 Å². The zero-order valence-corrected chi connectivity index (χ0v) is 17.9. The van der Waals surface area contributed by atoms with Gasteiger partial charge in [-0.05, 0) is 50.1 Å². The van der Waals surface area contributed by atoms with Gasteiger partial charge in [-0.1, -0.05) is 6.07 Å². The molecule has 1 atom stereocenters. The molecule has 0 radical (unpaired) electrons. The molecule has 1 unspecified atom stereocenters. The molecule has 0 aliphatic carbocycles. The number of nitrogens with one attached hydrogen (secondary N) is 1. The molecule has 2 aromatic carbocycles. The second-order valence-electron chi connectivity index (χ2n) is 7.22. The number of carbonyl (C=O) groups excluding carboxylic acids is 1. The molecule has 1 N–H and O–H groups in total. The number of ether oxygens (including phenoxy) is 3. The van der Waals surface area contributed by atoms with Gasteiger partial charge < -0.3 is 19.5 Å². The number of nitrogens with zero attached hydrogens (tertiary/aromatic N) is 1. The third-order valence-electron chi connectivity index (χ3n) is 4.79. The number of rotatable bonds is 8. The van der Waals surface area contributed by atoms with Crippen molar-refractivity contribution in [2.24, 2.45) is 0 Å². The van der Waals surface area contributed by atoms with E-state index in [4.69, 9.17) is 14.2 Å². The summed E-state index contributed by atoms with van der Waals surface area (Å²) >= 11 is 1.56. The standard InChI is InChI=1S/C23H23FN2O4S/c1-15-25-18(14-31-15)12-29-19-5-2-4-16(10-19)23(27)26-21-11-17(24)7-8-22(21)30-13-20-6-3-9-28-20/h2,4-5,7-8,10-11,14,20H,3,6,9,12-13H2,1H3,(H,26,27). The van der Waals surface area contributed by atoms with E-state index in [0.29, 0.717) is 30.3 Å². The first kappa shape index (κ1) is 21.3. The van der Waals surface area contributed by atoms with E-state index in [-0.39, 0.29) is 17.7 Å². The fraction of sp³-hybridized carbons (Fsp3) is 0.304. The summed E-state index contributed by atoms with van der Waals surface area (Å²) in [5.74, 6) is 0.0990.